The Bertz CT molecular complexity index is 758. The molecular formula is C20H34N6O5S. The number of hydrogen-bond acceptors (Lipinski definition) is 7. The molecule has 1 aromatic rings. The fourth-order valence-electron chi connectivity index (χ4n) is 2.85. The van der Waals surface area contributed by atoms with Gasteiger partial charge in [-0.2, -0.15) is 11.8 Å². The van der Waals surface area contributed by atoms with Crippen molar-refractivity contribution in [2.24, 2.45) is 11.7 Å². The predicted octanol–water partition coefficient (Wildman–Crippen LogP) is -0.362. The molecule has 4 atom stereocenters. The second-order valence-corrected chi connectivity index (χ2v) is 8.97. The zero-order valence-corrected chi connectivity index (χ0v) is 19.7. The molecule has 180 valence electrons. The Morgan fingerprint density at radius 1 is 1.09 bits per heavy atom. The molecule has 0 saturated carbocycles. The van der Waals surface area contributed by atoms with Crippen molar-refractivity contribution in [1.29, 1.82) is 0 Å². The minimum absolute atomic E-state index is 0.0177. The number of carboxylic acid groups (broad SMARTS) is 1. The van der Waals surface area contributed by atoms with E-state index in [0.29, 0.717) is 18.5 Å². The molecule has 0 saturated heterocycles. The van der Waals surface area contributed by atoms with Gasteiger partial charge in [0.1, 0.15) is 18.1 Å². The summed E-state index contributed by atoms with van der Waals surface area (Å²) in [6.07, 6.45) is 5.59. The topological polar surface area (TPSA) is 179 Å². The number of carboxylic acids is 1. The highest BCUT2D eigenvalue weighted by Gasteiger charge is 2.29. The van der Waals surface area contributed by atoms with Gasteiger partial charge in [-0.3, -0.25) is 14.4 Å². The van der Waals surface area contributed by atoms with Gasteiger partial charge in [0.15, 0.2) is 0 Å². The molecule has 0 aromatic carbocycles. The van der Waals surface area contributed by atoms with Crippen LogP contribution in [0.15, 0.2) is 12.5 Å². The first-order valence-electron chi connectivity index (χ1n) is 10.4. The van der Waals surface area contributed by atoms with Crippen LogP contribution in [0.5, 0.6) is 0 Å². The van der Waals surface area contributed by atoms with Gasteiger partial charge in [0.2, 0.25) is 17.7 Å². The third-order valence-electron chi connectivity index (χ3n) is 4.66. The van der Waals surface area contributed by atoms with Crippen molar-refractivity contribution in [3.63, 3.8) is 0 Å². The molecule has 1 rings (SSSR count). The number of hydrogen-bond donors (Lipinski definition) is 6. The molecule has 11 nitrogen and oxygen atoms in total. The SMILES string of the molecule is CSCCC(N)C(=O)NC(C)C(=O)NC(CC(C)C)C(=O)NC(Cc1cnc[nH]1)C(=O)O. The summed E-state index contributed by atoms with van der Waals surface area (Å²) >= 11 is 1.57. The summed E-state index contributed by atoms with van der Waals surface area (Å²) in [6, 6.07) is -3.80. The molecule has 7 N–H and O–H groups in total. The smallest absolute Gasteiger partial charge is 0.326 e. The van der Waals surface area contributed by atoms with E-state index in [4.69, 9.17) is 5.73 Å². The van der Waals surface area contributed by atoms with Crippen LogP contribution in [0.4, 0.5) is 0 Å². The molecule has 0 bridgehead atoms. The average molecular weight is 471 g/mol. The molecule has 0 aliphatic heterocycles. The first kappa shape index (κ1) is 27.4. The van der Waals surface area contributed by atoms with Crippen LogP contribution in [-0.4, -0.2) is 74.9 Å². The Balaban J connectivity index is 2.76. The van der Waals surface area contributed by atoms with E-state index in [9.17, 15) is 24.3 Å². The molecule has 4 unspecified atom stereocenters. The number of aromatic nitrogens is 2. The van der Waals surface area contributed by atoms with E-state index < -0.39 is 47.9 Å². The van der Waals surface area contributed by atoms with Crippen LogP contribution in [0.25, 0.3) is 0 Å². The van der Waals surface area contributed by atoms with Gasteiger partial charge < -0.3 is 31.8 Å². The van der Waals surface area contributed by atoms with Crippen molar-refractivity contribution in [2.45, 2.75) is 64.2 Å². The fraction of sp³-hybridized carbons (Fsp3) is 0.650. The number of nitrogens with zero attached hydrogens (tertiary/aromatic N) is 1. The Kier molecular flexibility index (Phi) is 11.8. The molecule has 0 spiro atoms. The van der Waals surface area contributed by atoms with Crippen LogP contribution in [0.3, 0.4) is 0 Å². The Labute approximate surface area is 192 Å². The van der Waals surface area contributed by atoms with Crippen LogP contribution in [0.2, 0.25) is 0 Å². The summed E-state index contributed by atoms with van der Waals surface area (Å²) < 4.78 is 0. The van der Waals surface area contributed by atoms with Gasteiger partial charge in [-0.15, -0.1) is 0 Å². The third kappa shape index (κ3) is 9.69. The maximum absolute atomic E-state index is 12.8. The molecule has 3 amide bonds. The molecule has 0 radical (unpaired) electrons. The van der Waals surface area contributed by atoms with Crippen molar-refractivity contribution >= 4 is 35.5 Å². The number of aromatic amines is 1. The Hall–Kier alpha value is -2.60. The zero-order chi connectivity index (χ0) is 24.3. The molecule has 0 fully saturated rings. The minimum Gasteiger partial charge on any atom is -0.480 e. The first-order chi connectivity index (χ1) is 15.0. The van der Waals surface area contributed by atoms with Crippen molar-refractivity contribution in [3.8, 4) is 0 Å². The molecule has 1 aromatic heterocycles. The lowest BCUT2D eigenvalue weighted by molar-refractivity contribution is -0.142. The van der Waals surface area contributed by atoms with Crippen LogP contribution in [-0.2, 0) is 25.6 Å². The van der Waals surface area contributed by atoms with Crippen LogP contribution in [0.1, 0.15) is 39.3 Å². The van der Waals surface area contributed by atoms with Crippen molar-refractivity contribution < 1.29 is 24.3 Å². The summed E-state index contributed by atoms with van der Waals surface area (Å²) in [5.41, 5.74) is 6.37. The summed E-state index contributed by atoms with van der Waals surface area (Å²) in [5.74, 6) is -2.06. The standard InChI is InChI=1S/C20H34N6O5S/c1-11(2)7-15(19(29)26-16(20(30)31)8-13-9-22-10-23-13)25-17(27)12(3)24-18(28)14(21)5-6-32-4/h9-12,14-16H,5-8,21H2,1-4H3,(H,22,23)(H,24,28)(H,25,27)(H,26,29)(H,30,31). The van der Waals surface area contributed by atoms with E-state index in [-0.39, 0.29) is 12.3 Å². The van der Waals surface area contributed by atoms with Gasteiger partial charge in [0.05, 0.1) is 12.4 Å². The predicted molar refractivity (Wildman–Crippen MR) is 122 cm³/mol. The lowest BCUT2D eigenvalue weighted by atomic mass is 10.0. The van der Waals surface area contributed by atoms with E-state index in [1.54, 1.807) is 11.8 Å². The molecule has 12 heteroatoms. The number of nitrogens with two attached hydrogens (primary N) is 1. The first-order valence-corrected chi connectivity index (χ1v) is 11.8. The number of H-pyrrole nitrogens is 1. The van der Waals surface area contributed by atoms with Gasteiger partial charge in [-0.25, -0.2) is 9.78 Å². The zero-order valence-electron chi connectivity index (χ0n) is 18.9. The monoisotopic (exact) mass is 470 g/mol. The molecule has 0 aliphatic carbocycles. The number of thioether (sulfide) groups is 1. The van der Waals surface area contributed by atoms with Gasteiger partial charge in [0, 0.05) is 18.3 Å². The van der Waals surface area contributed by atoms with E-state index in [1.807, 2.05) is 20.1 Å². The summed E-state index contributed by atoms with van der Waals surface area (Å²) in [7, 11) is 0. The van der Waals surface area contributed by atoms with Gasteiger partial charge in [0.25, 0.3) is 0 Å². The largest absolute Gasteiger partial charge is 0.480 e. The lowest BCUT2D eigenvalue weighted by Crippen LogP contribution is -2.56. The molecule has 1 heterocycles. The maximum Gasteiger partial charge on any atom is 0.326 e. The number of rotatable bonds is 14. The lowest BCUT2D eigenvalue weighted by Gasteiger charge is -2.24. The molecular weight excluding hydrogens is 436 g/mol. The van der Waals surface area contributed by atoms with E-state index in [1.165, 1.54) is 19.4 Å². The second kappa shape index (κ2) is 13.7. The minimum atomic E-state index is -1.21. The van der Waals surface area contributed by atoms with Gasteiger partial charge >= 0.3 is 5.97 Å². The number of imidazole rings is 1. The van der Waals surface area contributed by atoms with Gasteiger partial charge in [-0.1, -0.05) is 13.8 Å². The van der Waals surface area contributed by atoms with Crippen molar-refractivity contribution in [1.82, 2.24) is 25.9 Å². The highest BCUT2D eigenvalue weighted by Crippen LogP contribution is 2.07. The molecule has 32 heavy (non-hydrogen) atoms. The second-order valence-electron chi connectivity index (χ2n) is 7.99. The van der Waals surface area contributed by atoms with Crippen molar-refractivity contribution in [3.05, 3.63) is 18.2 Å². The van der Waals surface area contributed by atoms with Crippen LogP contribution >= 0.6 is 11.8 Å². The number of carbonyl (C=O) groups is 4. The van der Waals surface area contributed by atoms with Gasteiger partial charge in [-0.05, 0) is 37.7 Å². The van der Waals surface area contributed by atoms with Crippen LogP contribution in [0, 0.1) is 5.92 Å². The average Bonchev–Trinajstić information content (AvgIpc) is 3.23. The number of amides is 3. The number of nitrogens with one attached hydrogen (secondary N) is 4. The van der Waals surface area contributed by atoms with Crippen molar-refractivity contribution in [2.75, 3.05) is 12.0 Å². The van der Waals surface area contributed by atoms with Crippen LogP contribution < -0.4 is 21.7 Å². The number of carbonyl (C=O) groups excluding carboxylic acids is 3. The normalized spacial score (nSPS) is 14.8. The Morgan fingerprint density at radius 2 is 1.75 bits per heavy atom. The summed E-state index contributed by atoms with van der Waals surface area (Å²) in [6.45, 7) is 5.25. The summed E-state index contributed by atoms with van der Waals surface area (Å²) in [4.78, 5) is 55.8. The highest BCUT2D eigenvalue weighted by molar-refractivity contribution is 7.98. The fourth-order valence-corrected chi connectivity index (χ4v) is 3.34. The van der Waals surface area contributed by atoms with E-state index in [0.717, 1.165) is 5.75 Å². The Morgan fingerprint density at radius 3 is 2.28 bits per heavy atom. The quantitative estimate of drug-likeness (QED) is 0.213. The highest BCUT2D eigenvalue weighted by atomic mass is 32.2. The van der Waals surface area contributed by atoms with E-state index >= 15 is 0 Å². The van der Waals surface area contributed by atoms with E-state index in [2.05, 4.69) is 25.9 Å². The maximum atomic E-state index is 12.8. The summed E-state index contributed by atoms with van der Waals surface area (Å²) in [5, 5.41) is 17.1. The third-order valence-corrected chi connectivity index (χ3v) is 5.30. The number of aliphatic carboxylic acids is 1. The molecule has 0 aliphatic rings.